The van der Waals surface area contributed by atoms with Crippen molar-refractivity contribution >= 4 is 5.97 Å². The first kappa shape index (κ1) is 8.09. The molecule has 2 fully saturated rings. The summed E-state index contributed by atoms with van der Waals surface area (Å²) in [5, 5.41) is 0. The molecular weight excluding hydrogens is 152 g/mol. The van der Waals surface area contributed by atoms with Crippen molar-refractivity contribution in [2.75, 3.05) is 0 Å². The average Bonchev–Trinajstić information content (AvgIpc) is 2.06. The quantitative estimate of drug-likeness (QED) is 0.519. The molecule has 68 valence electrons. The molecule has 12 heavy (non-hydrogen) atoms. The van der Waals surface area contributed by atoms with Crippen LogP contribution in [0, 0.1) is 5.41 Å². The van der Waals surface area contributed by atoms with Crippen LogP contribution in [0.15, 0.2) is 0 Å². The first-order chi connectivity index (χ1) is 5.58. The van der Waals surface area contributed by atoms with E-state index in [4.69, 9.17) is 4.74 Å². The van der Waals surface area contributed by atoms with Gasteiger partial charge >= 0.3 is 5.97 Å². The molecular formula is C10H16O2. The van der Waals surface area contributed by atoms with Gasteiger partial charge in [0.25, 0.3) is 0 Å². The van der Waals surface area contributed by atoms with Gasteiger partial charge in [-0.15, -0.1) is 0 Å². The van der Waals surface area contributed by atoms with Gasteiger partial charge in [-0.2, -0.15) is 0 Å². The van der Waals surface area contributed by atoms with Crippen molar-refractivity contribution in [1.82, 2.24) is 0 Å². The van der Waals surface area contributed by atoms with Crippen molar-refractivity contribution in [3.05, 3.63) is 0 Å². The Bertz CT molecular complexity index is 212. The summed E-state index contributed by atoms with van der Waals surface area (Å²) in [7, 11) is 0. The molecule has 1 aliphatic carbocycles. The van der Waals surface area contributed by atoms with E-state index in [9.17, 15) is 4.79 Å². The zero-order valence-corrected chi connectivity index (χ0v) is 7.85. The largest absolute Gasteiger partial charge is 0.457 e. The fraction of sp³-hybridized carbons (Fsp3) is 0.900. The van der Waals surface area contributed by atoms with Crippen LogP contribution in [0.5, 0.6) is 0 Å². The summed E-state index contributed by atoms with van der Waals surface area (Å²) in [4.78, 5) is 11.2. The molecule has 1 heterocycles. The van der Waals surface area contributed by atoms with Crippen LogP contribution < -0.4 is 0 Å². The van der Waals surface area contributed by atoms with Crippen molar-refractivity contribution in [3.63, 3.8) is 0 Å². The lowest BCUT2D eigenvalue weighted by Gasteiger charge is -2.55. The number of hydrogen-bond acceptors (Lipinski definition) is 2. The molecule has 1 aliphatic heterocycles. The van der Waals surface area contributed by atoms with E-state index in [1.165, 1.54) is 19.3 Å². The molecule has 0 atom stereocenters. The monoisotopic (exact) mass is 168 g/mol. The van der Waals surface area contributed by atoms with E-state index >= 15 is 0 Å². The Morgan fingerprint density at radius 1 is 1.17 bits per heavy atom. The van der Waals surface area contributed by atoms with Gasteiger partial charge in [0.15, 0.2) is 0 Å². The molecule has 0 amide bonds. The summed E-state index contributed by atoms with van der Waals surface area (Å²) in [6.07, 6.45) is 5.89. The smallest absolute Gasteiger partial charge is 0.316 e. The molecule has 0 radical (unpaired) electrons. The summed E-state index contributed by atoms with van der Waals surface area (Å²) in [6.45, 7) is 4.04. The van der Waals surface area contributed by atoms with Gasteiger partial charge in [-0.05, 0) is 39.5 Å². The van der Waals surface area contributed by atoms with E-state index in [1.807, 2.05) is 13.8 Å². The predicted molar refractivity (Wildman–Crippen MR) is 45.7 cm³/mol. The van der Waals surface area contributed by atoms with Crippen molar-refractivity contribution in [2.45, 2.75) is 51.6 Å². The van der Waals surface area contributed by atoms with Gasteiger partial charge in [-0.25, -0.2) is 0 Å². The van der Waals surface area contributed by atoms with E-state index in [0.717, 1.165) is 12.8 Å². The summed E-state index contributed by atoms with van der Waals surface area (Å²) in [5.41, 5.74) is -0.296. The van der Waals surface area contributed by atoms with Gasteiger partial charge in [0.05, 0.1) is 0 Å². The first-order valence-electron chi connectivity index (χ1n) is 4.82. The molecule has 1 saturated heterocycles. The normalized spacial score (nSPS) is 31.0. The minimum atomic E-state index is -0.215. The third-order valence-corrected chi connectivity index (χ3v) is 3.60. The third-order valence-electron chi connectivity index (χ3n) is 3.60. The van der Waals surface area contributed by atoms with Crippen LogP contribution in [-0.2, 0) is 9.53 Å². The molecule has 1 saturated carbocycles. The van der Waals surface area contributed by atoms with Crippen molar-refractivity contribution in [3.8, 4) is 0 Å². The van der Waals surface area contributed by atoms with Crippen LogP contribution in [0.4, 0.5) is 0 Å². The van der Waals surface area contributed by atoms with Crippen LogP contribution >= 0.6 is 0 Å². The Morgan fingerprint density at radius 2 is 1.75 bits per heavy atom. The number of carbonyl (C=O) groups is 1. The third kappa shape index (κ3) is 0.782. The van der Waals surface area contributed by atoms with Crippen LogP contribution in [-0.4, -0.2) is 11.6 Å². The minimum Gasteiger partial charge on any atom is -0.457 e. The minimum absolute atomic E-state index is 0.00981. The predicted octanol–water partition coefficient (Wildman–Crippen LogP) is 2.27. The molecule has 1 spiro atoms. The highest BCUT2D eigenvalue weighted by Gasteiger charge is 2.62. The van der Waals surface area contributed by atoms with Crippen molar-refractivity contribution in [2.24, 2.45) is 5.41 Å². The topological polar surface area (TPSA) is 26.3 Å². The Kier molecular flexibility index (Phi) is 1.51. The second-order valence-corrected chi connectivity index (χ2v) is 4.57. The standard InChI is InChI=1S/C10H16O2/c1-9(2)8(11)12-10(9)6-4-3-5-7-10/h3-7H2,1-2H3. The maximum Gasteiger partial charge on any atom is 0.316 e. The summed E-state index contributed by atoms with van der Waals surface area (Å²) >= 11 is 0. The summed E-state index contributed by atoms with van der Waals surface area (Å²) < 4.78 is 5.34. The molecule has 0 aromatic rings. The SMILES string of the molecule is CC1(C)C(=O)OC12CCCCC2. The lowest BCUT2D eigenvalue weighted by molar-refractivity contribution is -0.243. The molecule has 2 heteroatoms. The zero-order valence-electron chi connectivity index (χ0n) is 7.85. The van der Waals surface area contributed by atoms with Gasteiger partial charge in [-0.3, -0.25) is 4.79 Å². The van der Waals surface area contributed by atoms with Crippen molar-refractivity contribution in [1.29, 1.82) is 0 Å². The van der Waals surface area contributed by atoms with Gasteiger partial charge in [0.2, 0.25) is 0 Å². The van der Waals surface area contributed by atoms with Gasteiger partial charge in [0, 0.05) is 0 Å². The Labute approximate surface area is 73.3 Å². The maximum absolute atomic E-state index is 11.2. The Balaban J connectivity index is 2.17. The van der Waals surface area contributed by atoms with E-state index in [0.29, 0.717) is 0 Å². The lowest BCUT2D eigenvalue weighted by Crippen LogP contribution is -2.64. The van der Waals surface area contributed by atoms with E-state index < -0.39 is 0 Å². The highest BCUT2D eigenvalue weighted by Crippen LogP contribution is 2.53. The maximum atomic E-state index is 11.2. The first-order valence-corrected chi connectivity index (χ1v) is 4.82. The molecule has 0 aromatic carbocycles. The summed E-state index contributed by atoms with van der Waals surface area (Å²) in [5.74, 6) is -0.00981. The fourth-order valence-corrected chi connectivity index (χ4v) is 2.42. The Morgan fingerprint density at radius 3 is 2.17 bits per heavy atom. The van der Waals surface area contributed by atoms with Gasteiger partial charge in [-0.1, -0.05) is 6.42 Å². The molecule has 0 unspecified atom stereocenters. The number of hydrogen-bond donors (Lipinski definition) is 0. The van der Waals surface area contributed by atoms with Crippen LogP contribution in [0.25, 0.3) is 0 Å². The van der Waals surface area contributed by atoms with E-state index in [2.05, 4.69) is 0 Å². The molecule has 0 aromatic heterocycles. The highest BCUT2D eigenvalue weighted by molar-refractivity contribution is 5.84. The lowest BCUT2D eigenvalue weighted by atomic mass is 9.63. The summed E-state index contributed by atoms with van der Waals surface area (Å²) in [6, 6.07) is 0. The van der Waals surface area contributed by atoms with Crippen LogP contribution in [0.2, 0.25) is 0 Å². The average molecular weight is 168 g/mol. The molecule has 2 nitrogen and oxygen atoms in total. The second kappa shape index (κ2) is 2.24. The highest BCUT2D eigenvalue weighted by atomic mass is 16.6. The molecule has 0 bridgehead atoms. The fourth-order valence-electron chi connectivity index (χ4n) is 2.42. The zero-order chi connectivity index (χ0) is 8.82. The number of esters is 1. The second-order valence-electron chi connectivity index (χ2n) is 4.57. The van der Waals surface area contributed by atoms with Gasteiger partial charge < -0.3 is 4.74 Å². The number of ether oxygens (including phenoxy) is 1. The number of carbonyl (C=O) groups excluding carboxylic acids is 1. The van der Waals surface area contributed by atoms with Gasteiger partial charge in [0.1, 0.15) is 11.0 Å². The van der Waals surface area contributed by atoms with E-state index in [1.54, 1.807) is 0 Å². The van der Waals surface area contributed by atoms with Crippen molar-refractivity contribution < 1.29 is 9.53 Å². The Hall–Kier alpha value is -0.530. The number of rotatable bonds is 0. The molecule has 2 rings (SSSR count). The van der Waals surface area contributed by atoms with Crippen LogP contribution in [0.3, 0.4) is 0 Å². The molecule has 2 aliphatic rings. The van der Waals surface area contributed by atoms with E-state index in [-0.39, 0.29) is 17.0 Å². The van der Waals surface area contributed by atoms with Crippen LogP contribution in [0.1, 0.15) is 46.0 Å². The molecule has 0 N–H and O–H groups in total.